The monoisotopic (exact) mass is 431 g/mol. The topological polar surface area (TPSA) is 92.2 Å². The number of rotatable bonds is 7. The highest BCUT2D eigenvalue weighted by Crippen LogP contribution is 2.41. The van der Waals surface area contributed by atoms with E-state index in [1.807, 2.05) is 6.07 Å². The number of nitrogens with zero attached hydrogens (tertiary/aromatic N) is 2. The van der Waals surface area contributed by atoms with Gasteiger partial charge in [0.1, 0.15) is 5.60 Å². The molecule has 0 aliphatic heterocycles. The first-order chi connectivity index (χ1) is 15.0. The van der Waals surface area contributed by atoms with Gasteiger partial charge in [-0.1, -0.05) is 60.7 Å². The number of hydrogen-bond donors (Lipinski definition) is 2. The Hall–Kier alpha value is -3.39. The maximum atomic E-state index is 13.3. The Bertz CT molecular complexity index is 1180. The largest absolute Gasteiger partial charge is 0.378 e. The minimum absolute atomic E-state index is 0.107. The lowest BCUT2D eigenvalue weighted by molar-refractivity contribution is 0.0442. The molecule has 2 aromatic carbocycles. The van der Waals surface area contributed by atoms with Crippen LogP contribution < -0.4 is 4.72 Å². The minimum atomic E-state index is -3.96. The van der Waals surface area contributed by atoms with Crippen LogP contribution in [0.1, 0.15) is 22.7 Å². The van der Waals surface area contributed by atoms with E-state index in [0.29, 0.717) is 16.7 Å². The predicted octanol–water partition coefficient (Wildman–Crippen LogP) is 3.43. The van der Waals surface area contributed by atoms with Gasteiger partial charge in [-0.15, -0.1) is 0 Å². The van der Waals surface area contributed by atoms with E-state index in [2.05, 4.69) is 14.7 Å². The second kappa shape index (κ2) is 8.77. The van der Waals surface area contributed by atoms with Crippen molar-refractivity contribution in [1.82, 2.24) is 14.7 Å². The fourth-order valence-electron chi connectivity index (χ4n) is 3.54. The third kappa shape index (κ3) is 4.25. The summed E-state index contributed by atoms with van der Waals surface area (Å²) in [5.74, 6) is 0. The molecule has 2 aromatic heterocycles. The Morgan fingerprint density at radius 3 is 1.74 bits per heavy atom. The molecule has 0 saturated carbocycles. The quantitative estimate of drug-likeness (QED) is 0.468. The summed E-state index contributed by atoms with van der Waals surface area (Å²) in [4.78, 5) is 8.41. The van der Waals surface area contributed by atoms with E-state index in [9.17, 15) is 13.5 Å². The van der Waals surface area contributed by atoms with E-state index >= 15 is 0 Å². The van der Waals surface area contributed by atoms with Crippen molar-refractivity contribution in [2.24, 2.45) is 0 Å². The van der Waals surface area contributed by atoms with Crippen LogP contribution in [0.15, 0.2) is 115 Å². The fraction of sp³-hybridized carbons (Fsp3) is 0.0833. The van der Waals surface area contributed by atoms with E-state index in [1.165, 1.54) is 24.5 Å². The number of nitrogens with one attached hydrogen (secondary N) is 1. The van der Waals surface area contributed by atoms with Gasteiger partial charge >= 0.3 is 0 Å². The van der Waals surface area contributed by atoms with Gasteiger partial charge in [-0.25, -0.2) is 8.42 Å². The number of pyridine rings is 2. The summed E-state index contributed by atoms with van der Waals surface area (Å²) in [5, 5.41) is 12.2. The van der Waals surface area contributed by atoms with Crippen LogP contribution in [0.4, 0.5) is 0 Å². The van der Waals surface area contributed by atoms with Crippen molar-refractivity contribution in [3.05, 3.63) is 126 Å². The van der Waals surface area contributed by atoms with Crippen molar-refractivity contribution in [1.29, 1.82) is 0 Å². The molecule has 0 aliphatic carbocycles. The fourth-order valence-corrected chi connectivity index (χ4v) is 4.81. The maximum Gasteiger partial charge on any atom is 0.241 e. The molecule has 2 heterocycles. The lowest BCUT2D eigenvalue weighted by Gasteiger charge is -2.37. The number of aliphatic hydroxyl groups is 1. The van der Waals surface area contributed by atoms with Crippen LogP contribution in [-0.4, -0.2) is 23.5 Å². The lowest BCUT2D eigenvalue weighted by atomic mass is 9.79. The zero-order valence-corrected chi connectivity index (χ0v) is 17.4. The van der Waals surface area contributed by atoms with Gasteiger partial charge in [0.25, 0.3) is 0 Å². The molecular formula is C24H21N3O3S. The van der Waals surface area contributed by atoms with E-state index in [4.69, 9.17) is 0 Å². The number of hydrogen-bond acceptors (Lipinski definition) is 5. The van der Waals surface area contributed by atoms with Crippen LogP contribution in [0.25, 0.3) is 0 Å². The predicted molar refractivity (Wildman–Crippen MR) is 117 cm³/mol. The van der Waals surface area contributed by atoms with E-state index < -0.39 is 21.7 Å². The van der Waals surface area contributed by atoms with Crippen molar-refractivity contribution < 1.29 is 13.5 Å². The molecule has 0 bridgehead atoms. The van der Waals surface area contributed by atoms with Crippen molar-refractivity contribution in [2.45, 2.75) is 16.5 Å². The Kier molecular flexibility index (Phi) is 5.90. The van der Waals surface area contributed by atoms with Crippen LogP contribution >= 0.6 is 0 Å². The molecule has 0 spiro atoms. The molecule has 4 aromatic rings. The SMILES string of the molecule is O=S(=O)(N[C@H](c1ccccc1)C(O)(c1cccnc1)c1cccnc1)c1ccccc1. The zero-order valence-electron chi connectivity index (χ0n) is 16.5. The Balaban J connectivity index is 1.92. The number of aromatic nitrogens is 2. The van der Waals surface area contributed by atoms with Crippen molar-refractivity contribution in [3.8, 4) is 0 Å². The molecule has 6 nitrogen and oxygen atoms in total. The second-order valence-corrected chi connectivity index (χ2v) is 8.74. The van der Waals surface area contributed by atoms with E-state index in [1.54, 1.807) is 79.1 Å². The van der Waals surface area contributed by atoms with Gasteiger partial charge in [-0.05, 0) is 29.8 Å². The molecule has 0 aliphatic rings. The van der Waals surface area contributed by atoms with Gasteiger partial charge in [0.2, 0.25) is 10.0 Å². The highest BCUT2D eigenvalue weighted by Gasteiger charge is 2.44. The standard InChI is InChI=1S/C24H21N3O3S/c28-24(20-11-7-15-25-17-20,21-12-8-16-26-18-21)23(19-9-3-1-4-10-19)27-31(29,30)22-13-5-2-6-14-22/h1-18,23,27-28H/t23-/m1/s1. The maximum absolute atomic E-state index is 13.3. The highest BCUT2D eigenvalue weighted by molar-refractivity contribution is 7.89. The van der Waals surface area contributed by atoms with Crippen molar-refractivity contribution in [3.63, 3.8) is 0 Å². The summed E-state index contributed by atoms with van der Waals surface area (Å²) >= 11 is 0. The van der Waals surface area contributed by atoms with Crippen LogP contribution in [0.3, 0.4) is 0 Å². The third-order valence-electron chi connectivity index (χ3n) is 5.08. The molecule has 0 amide bonds. The first-order valence-electron chi connectivity index (χ1n) is 9.67. The van der Waals surface area contributed by atoms with E-state index in [-0.39, 0.29) is 4.90 Å². The van der Waals surface area contributed by atoms with Gasteiger partial charge in [-0.3, -0.25) is 9.97 Å². The van der Waals surface area contributed by atoms with Crippen LogP contribution in [-0.2, 0) is 15.6 Å². The molecule has 0 saturated heterocycles. The summed E-state index contributed by atoms with van der Waals surface area (Å²) in [6, 6.07) is 22.8. The summed E-state index contributed by atoms with van der Waals surface area (Å²) < 4.78 is 29.3. The summed E-state index contributed by atoms with van der Waals surface area (Å²) in [6.45, 7) is 0. The first-order valence-corrected chi connectivity index (χ1v) is 11.2. The molecular weight excluding hydrogens is 410 g/mol. The van der Waals surface area contributed by atoms with Crippen LogP contribution in [0.5, 0.6) is 0 Å². The van der Waals surface area contributed by atoms with Crippen molar-refractivity contribution in [2.75, 3.05) is 0 Å². The molecule has 0 radical (unpaired) electrons. The molecule has 0 fully saturated rings. The van der Waals surface area contributed by atoms with Gasteiger partial charge in [0, 0.05) is 35.9 Å². The van der Waals surface area contributed by atoms with Gasteiger partial charge in [0.05, 0.1) is 10.9 Å². The molecule has 31 heavy (non-hydrogen) atoms. The Labute approximate surface area is 181 Å². The van der Waals surface area contributed by atoms with Gasteiger partial charge < -0.3 is 5.11 Å². The molecule has 1 atom stereocenters. The Morgan fingerprint density at radius 2 is 1.26 bits per heavy atom. The second-order valence-electron chi connectivity index (χ2n) is 7.03. The van der Waals surface area contributed by atoms with Gasteiger partial charge in [0.15, 0.2) is 0 Å². The van der Waals surface area contributed by atoms with E-state index in [0.717, 1.165) is 0 Å². The first kappa shape index (κ1) is 20.9. The average molecular weight is 432 g/mol. The lowest BCUT2D eigenvalue weighted by Crippen LogP contribution is -2.45. The molecule has 4 rings (SSSR count). The third-order valence-corrected chi connectivity index (χ3v) is 6.52. The molecule has 7 heteroatoms. The van der Waals surface area contributed by atoms with Crippen LogP contribution in [0.2, 0.25) is 0 Å². The number of benzene rings is 2. The zero-order chi connectivity index (χ0) is 21.7. The smallest absolute Gasteiger partial charge is 0.241 e. The van der Waals surface area contributed by atoms with Gasteiger partial charge in [-0.2, -0.15) is 4.72 Å². The number of sulfonamides is 1. The van der Waals surface area contributed by atoms with Crippen molar-refractivity contribution >= 4 is 10.0 Å². The minimum Gasteiger partial charge on any atom is -0.378 e. The van der Waals surface area contributed by atoms with Crippen LogP contribution in [0, 0.1) is 0 Å². The summed E-state index contributed by atoms with van der Waals surface area (Å²) in [6.07, 6.45) is 6.25. The molecule has 156 valence electrons. The summed E-state index contributed by atoms with van der Waals surface area (Å²) in [5.41, 5.74) is -0.302. The highest BCUT2D eigenvalue weighted by atomic mass is 32.2. The molecule has 2 N–H and O–H groups in total. The average Bonchev–Trinajstić information content (AvgIpc) is 2.84. The Morgan fingerprint density at radius 1 is 0.742 bits per heavy atom. The molecule has 0 unspecified atom stereocenters. The normalized spacial score (nSPS) is 12.9. The summed E-state index contributed by atoms with van der Waals surface area (Å²) in [7, 11) is -3.96.